The molecule has 0 aromatic rings. The lowest BCUT2D eigenvalue weighted by molar-refractivity contribution is -0.307. The van der Waals surface area contributed by atoms with Crippen molar-refractivity contribution in [1.82, 2.24) is 10.6 Å². The Kier molecular flexibility index (Phi) is 13.5. The van der Waals surface area contributed by atoms with Gasteiger partial charge in [-0.2, -0.15) is 0 Å². The van der Waals surface area contributed by atoms with Gasteiger partial charge in [0.25, 0.3) is 0 Å². The molecular weight excluding hydrogens is 652 g/mol. The molecule has 0 saturated carbocycles. The van der Waals surface area contributed by atoms with Crippen LogP contribution in [-0.2, 0) is 38.0 Å². The molecule has 0 aliphatic carbocycles. The third-order valence-corrected chi connectivity index (χ3v) is 12.1. The van der Waals surface area contributed by atoms with Crippen molar-refractivity contribution >= 4 is 5.97 Å². The molecular formula is C36H66N2O12. The van der Waals surface area contributed by atoms with Crippen molar-refractivity contribution in [2.75, 3.05) is 33.9 Å². The van der Waals surface area contributed by atoms with Crippen LogP contribution in [-0.4, -0.2) is 144 Å². The van der Waals surface area contributed by atoms with Crippen LogP contribution in [0.25, 0.3) is 0 Å². The maximum Gasteiger partial charge on any atom is 0.311 e. The lowest BCUT2D eigenvalue weighted by atomic mass is 9.77. The summed E-state index contributed by atoms with van der Waals surface area (Å²) in [6, 6.07) is -0.855. The van der Waals surface area contributed by atoms with E-state index in [0.29, 0.717) is 32.6 Å². The molecule has 4 aliphatic rings. The standard InChI is InChI=1S/C36H66N2O12/c1-12-25-35(9,43)29(40)22(5)38-17-19(2)15-33(7,42)30(50-32-27(39)24(37-10)13-14-45-32)20(3)28(21(4)31(41)48-25)49-26-16-34(8,44-11)36(18-46-36)23(6)47-26/h19-30,32,37-40,42-43H,12-18H2,1-11H3/t19-,20+,21-,22-,23+,24+,25-,26+,27-,28+,29-,30-,32+,33-,34-,35-,36+/m1/s1. The Hall–Kier alpha value is -1.01. The third-order valence-electron chi connectivity index (χ3n) is 12.1. The van der Waals surface area contributed by atoms with Crippen molar-refractivity contribution in [3.8, 4) is 0 Å². The van der Waals surface area contributed by atoms with E-state index in [4.69, 9.17) is 33.2 Å². The number of cyclic esters (lactones) is 1. The SMILES string of the molecule is CC[C@H]1OC(=O)[C@H](C)[C@@H](O[C@H]2C[C@@](C)(OC)[C@]3(CO3)[C@H](C)O2)[C@H](C)[C@@H](O[C@@H]2OCC[C@H](NC)[C@H]2O)[C@](C)(O)C[C@@H](C)CN[C@H](C)[C@@H](O)[C@]1(C)O. The molecule has 0 aromatic heterocycles. The van der Waals surface area contributed by atoms with Crippen LogP contribution in [0.15, 0.2) is 0 Å². The predicted molar refractivity (Wildman–Crippen MR) is 183 cm³/mol. The molecule has 4 heterocycles. The lowest BCUT2D eigenvalue weighted by Crippen LogP contribution is -2.61. The van der Waals surface area contributed by atoms with E-state index in [1.165, 1.54) is 6.92 Å². The first-order valence-electron chi connectivity index (χ1n) is 18.5. The van der Waals surface area contributed by atoms with Gasteiger partial charge in [-0.15, -0.1) is 0 Å². The number of rotatable bonds is 7. The van der Waals surface area contributed by atoms with E-state index in [-0.39, 0.29) is 30.9 Å². The summed E-state index contributed by atoms with van der Waals surface area (Å²) in [7, 11) is 3.39. The maximum atomic E-state index is 14.1. The fourth-order valence-electron chi connectivity index (χ4n) is 8.58. The maximum absolute atomic E-state index is 14.1. The van der Waals surface area contributed by atoms with Crippen molar-refractivity contribution in [3.05, 3.63) is 0 Å². The number of nitrogens with one attached hydrogen (secondary N) is 2. The molecule has 0 unspecified atom stereocenters. The highest BCUT2D eigenvalue weighted by Crippen LogP contribution is 2.51. The minimum absolute atomic E-state index is 0.133. The molecule has 14 heteroatoms. The Morgan fingerprint density at radius 1 is 1.04 bits per heavy atom. The van der Waals surface area contributed by atoms with Gasteiger partial charge in [0.2, 0.25) is 0 Å². The van der Waals surface area contributed by atoms with E-state index in [0.717, 1.165) is 0 Å². The number of carbonyl (C=O) groups is 1. The predicted octanol–water partition coefficient (Wildman–Crippen LogP) is 1.24. The van der Waals surface area contributed by atoms with Gasteiger partial charge < -0.3 is 64.2 Å². The molecule has 0 aromatic carbocycles. The number of hydrogen-bond donors (Lipinski definition) is 6. The molecule has 17 atom stereocenters. The van der Waals surface area contributed by atoms with E-state index in [1.807, 2.05) is 27.7 Å². The first-order chi connectivity index (χ1) is 23.3. The first-order valence-corrected chi connectivity index (χ1v) is 18.5. The monoisotopic (exact) mass is 718 g/mol. The van der Waals surface area contributed by atoms with Gasteiger partial charge in [-0.3, -0.25) is 4.79 Å². The second kappa shape index (κ2) is 16.2. The zero-order chi connectivity index (χ0) is 37.4. The Morgan fingerprint density at radius 3 is 2.28 bits per heavy atom. The zero-order valence-electron chi connectivity index (χ0n) is 32.0. The summed E-state index contributed by atoms with van der Waals surface area (Å²) in [5.74, 6) is -2.45. The largest absolute Gasteiger partial charge is 0.459 e. The van der Waals surface area contributed by atoms with Crippen LogP contribution < -0.4 is 10.6 Å². The summed E-state index contributed by atoms with van der Waals surface area (Å²) >= 11 is 0. The number of epoxide rings is 1. The summed E-state index contributed by atoms with van der Waals surface area (Å²) in [5, 5.41) is 52.8. The summed E-state index contributed by atoms with van der Waals surface area (Å²) in [6.45, 7) is 17.3. The molecule has 6 N–H and O–H groups in total. The van der Waals surface area contributed by atoms with Crippen LogP contribution in [0.3, 0.4) is 0 Å². The number of likely N-dealkylation sites (N-methyl/N-ethyl adjacent to an activating group) is 1. The van der Waals surface area contributed by atoms with E-state index >= 15 is 0 Å². The first kappa shape index (κ1) is 41.7. The molecule has 1 spiro atoms. The molecule has 0 bridgehead atoms. The lowest BCUT2D eigenvalue weighted by Gasteiger charge is -2.48. The van der Waals surface area contributed by atoms with Crippen LogP contribution in [0.1, 0.15) is 88.0 Å². The van der Waals surface area contributed by atoms with Crippen LogP contribution in [0, 0.1) is 17.8 Å². The van der Waals surface area contributed by atoms with Gasteiger partial charge in [0.05, 0.1) is 43.0 Å². The Bertz CT molecular complexity index is 1120. The van der Waals surface area contributed by atoms with E-state index in [9.17, 15) is 25.2 Å². The molecule has 292 valence electrons. The van der Waals surface area contributed by atoms with E-state index in [1.54, 1.807) is 41.9 Å². The molecule has 4 saturated heterocycles. The minimum atomic E-state index is -1.78. The van der Waals surface area contributed by atoms with Crippen molar-refractivity contribution in [3.63, 3.8) is 0 Å². The number of esters is 1. The Labute approximate surface area is 298 Å². The molecule has 4 rings (SSSR count). The normalized spacial score (nSPS) is 51.4. The minimum Gasteiger partial charge on any atom is -0.459 e. The number of methoxy groups -OCH3 is 1. The molecule has 0 amide bonds. The summed E-state index contributed by atoms with van der Waals surface area (Å²) in [4.78, 5) is 14.1. The molecule has 50 heavy (non-hydrogen) atoms. The molecule has 4 fully saturated rings. The summed E-state index contributed by atoms with van der Waals surface area (Å²) in [6.07, 6.45) is -6.22. The second-order valence-corrected chi connectivity index (χ2v) is 16.1. The summed E-state index contributed by atoms with van der Waals surface area (Å²) < 4.78 is 43.6. The van der Waals surface area contributed by atoms with Crippen LogP contribution in [0.4, 0.5) is 0 Å². The van der Waals surface area contributed by atoms with Gasteiger partial charge in [0.1, 0.15) is 35.1 Å². The van der Waals surface area contributed by atoms with Crippen LogP contribution in [0.2, 0.25) is 0 Å². The van der Waals surface area contributed by atoms with E-state index < -0.39 is 89.4 Å². The highest BCUT2D eigenvalue weighted by atomic mass is 16.7. The molecule has 0 radical (unpaired) electrons. The van der Waals surface area contributed by atoms with Gasteiger partial charge >= 0.3 is 5.97 Å². The number of ether oxygens (including phenoxy) is 7. The Balaban J connectivity index is 1.77. The van der Waals surface area contributed by atoms with Crippen molar-refractivity contribution in [2.24, 2.45) is 17.8 Å². The van der Waals surface area contributed by atoms with Crippen LogP contribution in [0.5, 0.6) is 0 Å². The highest BCUT2D eigenvalue weighted by Gasteiger charge is 2.67. The number of aliphatic hydroxyl groups excluding tert-OH is 2. The zero-order valence-corrected chi connectivity index (χ0v) is 32.0. The van der Waals surface area contributed by atoms with Crippen molar-refractivity contribution in [1.29, 1.82) is 0 Å². The quantitative estimate of drug-likeness (QED) is 0.163. The average Bonchev–Trinajstić information content (AvgIpc) is 3.88. The van der Waals surface area contributed by atoms with E-state index in [2.05, 4.69) is 10.6 Å². The van der Waals surface area contributed by atoms with Crippen LogP contribution >= 0.6 is 0 Å². The Morgan fingerprint density at radius 2 is 1.70 bits per heavy atom. The second-order valence-electron chi connectivity index (χ2n) is 16.1. The fraction of sp³-hybridized carbons (Fsp3) is 0.972. The van der Waals surface area contributed by atoms with Gasteiger partial charge in [0.15, 0.2) is 12.6 Å². The molecule has 14 nitrogen and oxygen atoms in total. The topological polar surface area (TPSA) is 190 Å². The number of carbonyl (C=O) groups excluding carboxylic acids is 1. The average molecular weight is 719 g/mol. The smallest absolute Gasteiger partial charge is 0.311 e. The fourth-order valence-corrected chi connectivity index (χ4v) is 8.58. The van der Waals surface area contributed by atoms with Crippen molar-refractivity contribution < 1.29 is 58.4 Å². The summed E-state index contributed by atoms with van der Waals surface area (Å²) in [5.41, 5.74) is -4.66. The van der Waals surface area contributed by atoms with Gasteiger partial charge in [-0.05, 0) is 80.3 Å². The third kappa shape index (κ3) is 8.37. The number of aliphatic hydroxyl groups is 4. The molecule has 4 aliphatic heterocycles. The number of hydrogen-bond acceptors (Lipinski definition) is 14. The van der Waals surface area contributed by atoms with Crippen molar-refractivity contribution in [2.45, 2.75) is 172 Å². The van der Waals surface area contributed by atoms with Gasteiger partial charge in [0, 0.05) is 31.5 Å². The highest BCUT2D eigenvalue weighted by molar-refractivity contribution is 5.73. The van der Waals surface area contributed by atoms with Gasteiger partial charge in [-0.1, -0.05) is 20.8 Å². The van der Waals surface area contributed by atoms with Gasteiger partial charge in [-0.25, -0.2) is 0 Å².